The average molecular weight is 457 g/mol. The Balaban J connectivity index is 1.33. The molecule has 3 heterocycles. The predicted octanol–water partition coefficient (Wildman–Crippen LogP) is 4.67. The van der Waals surface area contributed by atoms with Crippen LogP contribution in [0.5, 0.6) is 11.5 Å². The Kier molecular flexibility index (Phi) is 5.56. The van der Waals surface area contributed by atoms with E-state index in [9.17, 15) is 4.79 Å². The van der Waals surface area contributed by atoms with Gasteiger partial charge in [0.2, 0.25) is 6.79 Å². The minimum absolute atomic E-state index is 0.184. The van der Waals surface area contributed by atoms with Crippen LogP contribution < -0.4 is 14.8 Å². The van der Waals surface area contributed by atoms with Gasteiger partial charge in [-0.2, -0.15) is 0 Å². The molecule has 3 aromatic rings. The fraction of sp³-hybridized carbons (Fsp3) is 0.304. The van der Waals surface area contributed by atoms with Gasteiger partial charge in [-0.25, -0.2) is 4.98 Å². The molecule has 31 heavy (non-hydrogen) atoms. The van der Waals surface area contributed by atoms with Gasteiger partial charge >= 0.3 is 0 Å². The highest BCUT2D eigenvalue weighted by Gasteiger charge is 2.36. The number of rotatable bonds is 5. The molecule has 0 saturated carbocycles. The quantitative estimate of drug-likeness (QED) is 0.604. The van der Waals surface area contributed by atoms with Gasteiger partial charge in [-0.3, -0.25) is 4.79 Å². The molecule has 2 aliphatic heterocycles. The molecule has 2 aliphatic rings. The van der Waals surface area contributed by atoms with Gasteiger partial charge in [-0.15, -0.1) is 11.3 Å². The van der Waals surface area contributed by atoms with E-state index < -0.39 is 0 Å². The number of hydrogen-bond acceptors (Lipinski definition) is 6. The van der Waals surface area contributed by atoms with Crippen molar-refractivity contribution < 1.29 is 19.0 Å². The summed E-state index contributed by atoms with van der Waals surface area (Å²) >= 11 is 7.51. The topological polar surface area (TPSA) is 69.7 Å². The molecule has 1 amide bonds. The summed E-state index contributed by atoms with van der Waals surface area (Å²) < 4.78 is 16.6. The molecule has 2 aromatic carbocycles. The first-order valence-electron chi connectivity index (χ1n) is 10.1. The Morgan fingerprint density at radius 2 is 1.97 bits per heavy atom. The van der Waals surface area contributed by atoms with Crippen LogP contribution in [0.3, 0.4) is 0 Å². The maximum Gasteiger partial charge on any atom is 0.270 e. The lowest BCUT2D eigenvalue weighted by molar-refractivity contribution is 0.0486. The summed E-state index contributed by atoms with van der Waals surface area (Å²) in [6.07, 6.45) is 1.63. The van der Waals surface area contributed by atoms with Crippen molar-refractivity contribution in [1.82, 2.24) is 10.3 Å². The Hall–Kier alpha value is -2.61. The molecule has 0 unspecified atom stereocenters. The van der Waals surface area contributed by atoms with Gasteiger partial charge < -0.3 is 19.5 Å². The minimum atomic E-state index is -0.222. The van der Waals surface area contributed by atoms with Crippen molar-refractivity contribution in [3.8, 4) is 22.1 Å². The monoisotopic (exact) mass is 456 g/mol. The first-order chi connectivity index (χ1) is 15.1. The highest BCUT2D eigenvalue weighted by Crippen LogP contribution is 2.40. The summed E-state index contributed by atoms with van der Waals surface area (Å²) in [5.74, 6) is 1.32. The molecular formula is C23H21ClN2O4S. The maximum atomic E-state index is 12.9. The molecule has 0 bridgehead atoms. The fourth-order valence-corrected chi connectivity index (χ4v) is 5.02. The van der Waals surface area contributed by atoms with Crippen molar-refractivity contribution in [2.75, 3.05) is 26.6 Å². The molecular weight excluding hydrogens is 436 g/mol. The van der Waals surface area contributed by atoms with Crippen molar-refractivity contribution in [2.24, 2.45) is 0 Å². The van der Waals surface area contributed by atoms with Gasteiger partial charge in [0.15, 0.2) is 11.5 Å². The number of aromatic nitrogens is 1. The summed E-state index contributed by atoms with van der Waals surface area (Å²) in [6, 6.07) is 13.5. The van der Waals surface area contributed by atoms with Gasteiger partial charge in [-0.05, 0) is 42.7 Å². The van der Waals surface area contributed by atoms with Crippen LogP contribution in [0.4, 0.5) is 0 Å². The number of ether oxygens (including phenoxy) is 3. The zero-order valence-electron chi connectivity index (χ0n) is 16.7. The number of hydrogen-bond donors (Lipinski definition) is 1. The zero-order chi connectivity index (χ0) is 21.3. The van der Waals surface area contributed by atoms with Crippen LogP contribution in [0.1, 0.15) is 28.9 Å². The third-order valence-corrected chi connectivity index (χ3v) is 6.96. The highest BCUT2D eigenvalue weighted by molar-refractivity contribution is 7.13. The summed E-state index contributed by atoms with van der Waals surface area (Å²) in [5, 5.41) is 6.29. The van der Waals surface area contributed by atoms with Crippen molar-refractivity contribution in [2.45, 2.75) is 18.3 Å². The van der Waals surface area contributed by atoms with Crippen LogP contribution in [0.2, 0.25) is 5.02 Å². The number of fused-ring (bicyclic) bond motifs is 1. The number of carbonyl (C=O) groups is 1. The van der Waals surface area contributed by atoms with E-state index in [1.165, 1.54) is 11.3 Å². The fourth-order valence-electron chi connectivity index (χ4n) is 4.03. The number of nitrogens with zero attached hydrogens (tertiary/aromatic N) is 1. The standard InChI is InChI=1S/C23H21ClN2O4S/c24-17-3-1-2-15(10-17)22-26-18(12-31-22)21(27)25-13-23(6-8-28-9-7-23)16-4-5-19-20(11-16)30-14-29-19/h1-5,10-12H,6-9,13-14H2,(H,25,27). The van der Waals surface area contributed by atoms with E-state index >= 15 is 0 Å². The molecule has 0 spiro atoms. The Morgan fingerprint density at radius 3 is 2.81 bits per heavy atom. The van der Waals surface area contributed by atoms with E-state index in [-0.39, 0.29) is 18.1 Å². The first kappa shape index (κ1) is 20.3. The van der Waals surface area contributed by atoms with Crippen molar-refractivity contribution in [1.29, 1.82) is 0 Å². The number of halogens is 1. The Morgan fingerprint density at radius 1 is 1.13 bits per heavy atom. The zero-order valence-corrected chi connectivity index (χ0v) is 18.3. The van der Waals surface area contributed by atoms with Crippen LogP contribution in [0.15, 0.2) is 47.8 Å². The molecule has 0 radical (unpaired) electrons. The summed E-state index contributed by atoms with van der Waals surface area (Å²) in [6.45, 7) is 2.04. The van der Waals surface area contributed by atoms with Gasteiger partial charge in [-0.1, -0.05) is 29.8 Å². The van der Waals surface area contributed by atoms with Gasteiger partial charge in [0.25, 0.3) is 5.91 Å². The second-order valence-electron chi connectivity index (χ2n) is 7.69. The van der Waals surface area contributed by atoms with E-state index in [1.54, 1.807) is 5.38 Å². The third kappa shape index (κ3) is 4.13. The first-order valence-corrected chi connectivity index (χ1v) is 11.4. The molecule has 0 aliphatic carbocycles. The molecule has 1 fully saturated rings. The van der Waals surface area contributed by atoms with E-state index in [2.05, 4.69) is 16.4 Å². The lowest BCUT2D eigenvalue weighted by atomic mass is 9.74. The van der Waals surface area contributed by atoms with Crippen molar-refractivity contribution in [3.63, 3.8) is 0 Å². The maximum absolute atomic E-state index is 12.9. The normalized spacial score (nSPS) is 16.8. The van der Waals surface area contributed by atoms with Crippen LogP contribution in [-0.4, -0.2) is 37.4 Å². The number of amides is 1. The van der Waals surface area contributed by atoms with Crippen LogP contribution in [0, 0.1) is 0 Å². The lowest BCUT2D eigenvalue weighted by Gasteiger charge is -2.38. The van der Waals surface area contributed by atoms with Crippen molar-refractivity contribution in [3.05, 3.63) is 64.1 Å². The molecule has 1 N–H and O–H groups in total. The second kappa shape index (κ2) is 8.49. The second-order valence-corrected chi connectivity index (χ2v) is 8.99. The van der Waals surface area contributed by atoms with Gasteiger partial charge in [0.05, 0.1) is 0 Å². The molecule has 5 rings (SSSR count). The van der Waals surface area contributed by atoms with E-state index in [4.69, 9.17) is 25.8 Å². The van der Waals surface area contributed by atoms with E-state index in [1.807, 2.05) is 36.4 Å². The van der Waals surface area contributed by atoms with Crippen LogP contribution in [0.25, 0.3) is 10.6 Å². The number of carbonyl (C=O) groups excluding carboxylic acids is 1. The average Bonchev–Trinajstić information content (AvgIpc) is 3.47. The van der Waals surface area contributed by atoms with Gasteiger partial charge in [0, 0.05) is 41.1 Å². The molecule has 6 nitrogen and oxygen atoms in total. The third-order valence-electron chi connectivity index (χ3n) is 5.83. The predicted molar refractivity (Wildman–Crippen MR) is 119 cm³/mol. The summed E-state index contributed by atoms with van der Waals surface area (Å²) in [5.41, 5.74) is 2.21. The number of thiazole rings is 1. The highest BCUT2D eigenvalue weighted by atomic mass is 35.5. The molecule has 160 valence electrons. The largest absolute Gasteiger partial charge is 0.454 e. The molecule has 1 saturated heterocycles. The van der Waals surface area contributed by atoms with Crippen LogP contribution in [-0.2, 0) is 10.2 Å². The SMILES string of the molecule is O=C(NCC1(c2ccc3c(c2)OCO3)CCOCC1)c1csc(-c2cccc(Cl)c2)n1. The summed E-state index contributed by atoms with van der Waals surface area (Å²) in [4.78, 5) is 17.4. The lowest BCUT2D eigenvalue weighted by Crippen LogP contribution is -2.44. The number of benzene rings is 2. The molecule has 8 heteroatoms. The smallest absolute Gasteiger partial charge is 0.270 e. The Bertz CT molecular complexity index is 1110. The number of nitrogens with one attached hydrogen (secondary N) is 1. The van der Waals surface area contributed by atoms with Gasteiger partial charge in [0.1, 0.15) is 10.7 Å². The van der Waals surface area contributed by atoms with Crippen molar-refractivity contribution >= 4 is 28.8 Å². The summed E-state index contributed by atoms with van der Waals surface area (Å²) in [7, 11) is 0. The van der Waals surface area contributed by atoms with E-state index in [0.717, 1.165) is 40.5 Å². The van der Waals surface area contributed by atoms with Crippen LogP contribution >= 0.6 is 22.9 Å². The van der Waals surface area contributed by atoms with E-state index in [0.29, 0.717) is 30.5 Å². The molecule has 0 atom stereocenters. The molecule has 1 aromatic heterocycles. The Labute approximate surface area is 189 Å². The minimum Gasteiger partial charge on any atom is -0.454 e.